The minimum atomic E-state index is 0.481. The summed E-state index contributed by atoms with van der Waals surface area (Å²) in [6.45, 7) is 4.42. The number of anilines is 1. The number of hydrogen-bond donors (Lipinski definition) is 1. The molecule has 1 heterocycles. The van der Waals surface area contributed by atoms with Gasteiger partial charge >= 0.3 is 0 Å². The van der Waals surface area contributed by atoms with Crippen molar-refractivity contribution < 1.29 is 4.74 Å². The molecule has 1 aromatic heterocycles. The van der Waals surface area contributed by atoms with Crippen LogP contribution in [0.4, 0.5) is 5.82 Å². The van der Waals surface area contributed by atoms with Crippen LogP contribution in [0, 0.1) is 0 Å². The van der Waals surface area contributed by atoms with Crippen molar-refractivity contribution in [1.82, 2.24) is 4.98 Å². The Labute approximate surface area is 115 Å². The predicted octanol–water partition coefficient (Wildman–Crippen LogP) is 4.23. The molecular weight excluding hydrogens is 236 g/mol. The molecule has 0 aliphatic rings. The van der Waals surface area contributed by atoms with Gasteiger partial charge in [0.2, 0.25) is 0 Å². The molecule has 0 aliphatic carbocycles. The van der Waals surface area contributed by atoms with Gasteiger partial charge in [-0.05, 0) is 36.4 Å². The van der Waals surface area contributed by atoms with E-state index in [0.717, 1.165) is 23.4 Å². The largest absolute Gasteiger partial charge is 0.497 e. The summed E-state index contributed by atoms with van der Waals surface area (Å²) in [6.07, 6.45) is 5.31. The van der Waals surface area contributed by atoms with Crippen LogP contribution in [0.2, 0.25) is 0 Å². The van der Waals surface area contributed by atoms with Crippen LogP contribution in [0.3, 0.4) is 0 Å². The van der Waals surface area contributed by atoms with E-state index in [2.05, 4.69) is 30.2 Å². The third-order valence-electron chi connectivity index (χ3n) is 3.44. The molecule has 0 amide bonds. The van der Waals surface area contributed by atoms with Gasteiger partial charge in [-0.3, -0.25) is 0 Å². The van der Waals surface area contributed by atoms with Crippen molar-refractivity contribution in [3.63, 3.8) is 0 Å². The van der Waals surface area contributed by atoms with Crippen LogP contribution >= 0.6 is 0 Å². The number of benzene rings is 1. The fourth-order valence-electron chi connectivity index (χ4n) is 2.31. The quantitative estimate of drug-likeness (QED) is 0.841. The van der Waals surface area contributed by atoms with Crippen molar-refractivity contribution in [1.29, 1.82) is 0 Å². The third-order valence-corrected chi connectivity index (χ3v) is 3.44. The zero-order valence-corrected chi connectivity index (χ0v) is 11.9. The summed E-state index contributed by atoms with van der Waals surface area (Å²) >= 11 is 0. The first-order valence-electron chi connectivity index (χ1n) is 6.97. The van der Waals surface area contributed by atoms with Gasteiger partial charge in [0.15, 0.2) is 0 Å². The topological polar surface area (TPSA) is 34.2 Å². The Hall–Kier alpha value is -1.77. The first-order valence-corrected chi connectivity index (χ1v) is 6.97. The molecule has 1 atom stereocenters. The third kappa shape index (κ3) is 3.16. The van der Waals surface area contributed by atoms with E-state index < -0.39 is 0 Å². The van der Waals surface area contributed by atoms with Crippen molar-refractivity contribution in [3.05, 3.63) is 30.5 Å². The second-order valence-electron chi connectivity index (χ2n) is 4.78. The van der Waals surface area contributed by atoms with Crippen LogP contribution in [0.1, 0.15) is 33.1 Å². The van der Waals surface area contributed by atoms with Crippen LogP contribution < -0.4 is 10.1 Å². The van der Waals surface area contributed by atoms with E-state index in [1.54, 1.807) is 7.11 Å². The van der Waals surface area contributed by atoms with Crippen molar-refractivity contribution in [2.24, 2.45) is 0 Å². The van der Waals surface area contributed by atoms with Gasteiger partial charge in [0, 0.05) is 17.6 Å². The van der Waals surface area contributed by atoms with Gasteiger partial charge in [0.25, 0.3) is 0 Å². The number of aromatic nitrogens is 1. The average Bonchev–Trinajstić information content (AvgIpc) is 2.46. The number of nitrogens with one attached hydrogen (secondary N) is 1. The molecule has 3 nitrogen and oxygen atoms in total. The highest BCUT2D eigenvalue weighted by molar-refractivity contribution is 5.92. The van der Waals surface area contributed by atoms with Gasteiger partial charge in [-0.1, -0.05) is 26.3 Å². The Kier molecular flexibility index (Phi) is 4.61. The van der Waals surface area contributed by atoms with Crippen LogP contribution in [0.15, 0.2) is 30.5 Å². The van der Waals surface area contributed by atoms with Crippen molar-refractivity contribution in [2.75, 3.05) is 12.4 Å². The lowest BCUT2D eigenvalue weighted by Gasteiger charge is -2.18. The predicted molar refractivity (Wildman–Crippen MR) is 80.9 cm³/mol. The summed E-state index contributed by atoms with van der Waals surface area (Å²) in [4.78, 5) is 4.49. The van der Waals surface area contributed by atoms with E-state index in [-0.39, 0.29) is 0 Å². The molecule has 102 valence electrons. The normalized spacial score (nSPS) is 12.4. The lowest BCUT2D eigenvalue weighted by molar-refractivity contribution is 0.415. The van der Waals surface area contributed by atoms with Crippen molar-refractivity contribution in [2.45, 2.75) is 39.2 Å². The number of pyridine rings is 1. The van der Waals surface area contributed by atoms with E-state index in [1.165, 1.54) is 18.2 Å². The molecule has 1 unspecified atom stereocenters. The highest BCUT2D eigenvalue weighted by atomic mass is 16.5. The second-order valence-corrected chi connectivity index (χ2v) is 4.78. The fraction of sp³-hybridized carbons (Fsp3) is 0.438. The minimum Gasteiger partial charge on any atom is -0.497 e. The first kappa shape index (κ1) is 13.7. The first-order chi connectivity index (χ1) is 9.28. The summed E-state index contributed by atoms with van der Waals surface area (Å²) in [5, 5.41) is 5.86. The molecule has 0 saturated carbocycles. The zero-order chi connectivity index (χ0) is 13.7. The Morgan fingerprint density at radius 3 is 2.79 bits per heavy atom. The summed E-state index contributed by atoms with van der Waals surface area (Å²) in [7, 11) is 1.69. The minimum absolute atomic E-state index is 0.481. The molecule has 2 aromatic rings. The lowest BCUT2D eigenvalue weighted by atomic mass is 10.1. The molecule has 0 aliphatic heterocycles. The maximum atomic E-state index is 5.30. The van der Waals surface area contributed by atoms with Crippen molar-refractivity contribution in [3.8, 4) is 5.75 Å². The standard InChI is InChI=1S/C16H22N2O/c1-4-6-13(5-2)18-16-15-11-14(19-3)8-7-12(15)9-10-17-16/h7-11,13H,4-6H2,1-3H3,(H,17,18). The molecular formula is C16H22N2O. The van der Waals surface area contributed by atoms with E-state index in [4.69, 9.17) is 4.74 Å². The highest BCUT2D eigenvalue weighted by Gasteiger charge is 2.09. The number of methoxy groups -OCH3 is 1. The van der Waals surface area contributed by atoms with Gasteiger partial charge < -0.3 is 10.1 Å². The van der Waals surface area contributed by atoms with Crippen LogP contribution in [0.5, 0.6) is 5.75 Å². The molecule has 3 heteroatoms. The molecule has 0 radical (unpaired) electrons. The monoisotopic (exact) mass is 258 g/mol. The van der Waals surface area contributed by atoms with E-state index in [9.17, 15) is 0 Å². The summed E-state index contributed by atoms with van der Waals surface area (Å²) in [6, 6.07) is 8.61. The fourth-order valence-corrected chi connectivity index (χ4v) is 2.31. The van der Waals surface area contributed by atoms with Gasteiger partial charge in [-0.15, -0.1) is 0 Å². The van der Waals surface area contributed by atoms with E-state index in [1.807, 2.05) is 24.4 Å². The Bertz CT molecular complexity index is 539. The maximum Gasteiger partial charge on any atom is 0.134 e. The van der Waals surface area contributed by atoms with Gasteiger partial charge in [-0.2, -0.15) is 0 Å². The van der Waals surface area contributed by atoms with Gasteiger partial charge in [-0.25, -0.2) is 4.98 Å². The summed E-state index contributed by atoms with van der Waals surface area (Å²) < 4.78 is 5.30. The molecule has 1 N–H and O–H groups in total. The Balaban J connectivity index is 2.35. The molecule has 0 spiro atoms. The molecule has 0 fully saturated rings. The Morgan fingerprint density at radius 2 is 2.11 bits per heavy atom. The van der Waals surface area contributed by atoms with E-state index >= 15 is 0 Å². The zero-order valence-electron chi connectivity index (χ0n) is 11.9. The smallest absolute Gasteiger partial charge is 0.134 e. The maximum absolute atomic E-state index is 5.30. The van der Waals surface area contributed by atoms with E-state index in [0.29, 0.717) is 6.04 Å². The molecule has 19 heavy (non-hydrogen) atoms. The Morgan fingerprint density at radius 1 is 1.26 bits per heavy atom. The molecule has 0 saturated heterocycles. The number of fused-ring (bicyclic) bond motifs is 1. The molecule has 1 aromatic carbocycles. The molecule has 2 rings (SSSR count). The second kappa shape index (κ2) is 6.41. The average molecular weight is 258 g/mol. The number of hydrogen-bond acceptors (Lipinski definition) is 3. The summed E-state index contributed by atoms with van der Waals surface area (Å²) in [5.74, 6) is 1.82. The number of rotatable bonds is 6. The van der Waals surface area contributed by atoms with Gasteiger partial charge in [0.05, 0.1) is 7.11 Å². The van der Waals surface area contributed by atoms with Crippen LogP contribution in [0.25, 0.3) is 10.8 Å². The lowest BCUT2D eigenvalue weighted by Crippen LogP contribution is -2.18. The number of ether oxygens (including phenoxy) is 1. The van der Waals surface area contributed by atoms with Crippen LogP contribution in [-0.2, 0) is 0 Å². The molecule has 0 bridgehead atoms. The highest BCUT2D eigenvalue weighted by Crippen LogP contribution is 2.26. The van der Waals surface area contributed by atoms with Crippen LogP contribution in [-0.4, -0.2) is 18.1 Å². The van der Waals surface area contributed by atoms with Crippen molar-refractivity contribution >= 4 is 16.6 Å². The number of nitrogens with zero attached hydrogens (tertiary/aromatic N) is 1. The van der Waals surface area contributed by atoms with Gasteiger partial charge in [0.1, 0.15) is 11.6 Å². The SMILES string of the molecule is CCCC(CC)Nc1nccc2ccc(OC)cc12. The summed E-state index contributed by atoms with van der Waals surface area (Å²) in [5.41, 5.74) is 0.